The standard InChI is InChI=1S/C11H11ClN4/c1-7-6-8(12)2-3-9(7)11-14-5-4-10(15-11)16-13/h2-6H,13H2,1H3,(H,14,15,16). The normalized spacial score (nSPS) is 10.2. The van der Waals surface area contributed by atoms with Gasteiger partial charge >= 0.3 is 0 Å². The first-order valence-corrected chi connectivity index (χ1v) is 5.14. The van der Waals surface area contributed by atoms with Crippen LogP contribution in [0, 0.1) is 6.92 Å². The largest absolute Gasteiger partial charge is 0.308 e. The summed E-state index contributed by atoms with van der Waals surface area (Å²) >= 11 is 5.89. The number of anilines is 1. The SMILES string of the molecule is Cc1cc(Cl)ccc1-c1nccc(NN)n1. The van der Waals surface area contributed by atoms with Gasteiger partial charge in [-0.15, -0.1) is 0 Å². The Morgan fingerprint density at radius 1 is 1.31 bits per heavy atom. The second-order valence-electron chi connectivity index (χ2n) is 3.37. The van der Waals surface area contributed by atoms with Crippen LogP contribution >= 0.6 is 11.6 Å². The molecule has 0 spiro atoms. The maximum absolute atomic E-state index is 5.89. The number of hydrogen-bond donors (Lipinski definition) is 2. The summed E-state index contributed by atoms with van der Waals surface area (Å²) < 4.78 is 0. The van der Waals surface area contributed by atoms with Gasteiger partial charge in [0.2, 0.25) is 0 Å². The van der Waals surface area contributed by atoms with Gasteiger partial charge in [-0.1, -0.05) is 11.6 Å². The van der Waals surface area contributed by atoms with Crippen LogP contribution in [0.1, 0.15) is 5.56 Å². The molecule has 0 bridgehead atoms. The zero-order valence-corrected chi connectivity index (χ0v) is 9.49. The van der Waals surface area contributed by atoms with Crippen LogP contribution < -0.4 is 11.3 Å². The number of nitrogens with zero attached hydrogens (tertiary/aromatic N) is 2. The number of nitrogen functional groups attached to an aromatic ring is 1. The summed E-state index contributed by atoms with van der Waals surface area (Å²) in [5, 5.41) is 0.703. The molecule has 5 heteroatoms. The van der Waals surface area contributed by atoms with E-state index in [4.69, 9.17) is 17.4 Å². The van der Waals surface area contributed by atoms with Crippen molar-refractivity contribution in [1.29, 1.82) is 0 Å². The highest BCUT2D eigenvalue weighted by molar-refractivity contribution is 6.30. The zero-order valence-electron chi connectivity index (χ0n) is 8.74. The van der Waals surface area contributed by atoms with Crippen LogP contribution in [0.5, 0.6) is 0 Å². The van der Waals surface area contributed by atoms with Crippen LogP contribution in [0.15, 0.2) is 30.5 Å². The van der Waals surface area contributed by atoms with E-state index in [9.17, 15) is 0 Å². The molecule has 0 aliphatic heterocycles. The molecule has 0 aliphatic rings. The highest BCUT2D eigenvalue weighted by Crippen LogP contribution is 2.23. The molecule has 1 aromatic heterocycles. The Bertz CT molecular complexity index is 513. The molecule has 0 fully saturated rings. The molecule has 0 unspecified atom stereocenters. The summed E-state index contributed by atoms with van der Waals surface area (Å²) in [4.78, 5) is 8.46. The van der Waals surface area contributed by atoms with Crippen molar-refractivity contribution in [2.75, 3.05) is 5.43 Å². The third-order valence-corrected chi connectivity index (χ3v) is 2.47. The van der Waals surface area contributed by atoms with E-state index in [0.717, 1.165) is 11.1 Å². The van der Waals surface area contributed by atoms with Gasteiger partial charge in [-0.2, -0.15) is 0 Å². The molecule has 1 aromatic carbocycles. The molecule has 0 atom stereocenters. The predicted octanol–water partition coefficient (Wildman–Crippen LogP) is 2.39. The van der Waals surface area contributed by atoms with Crippen molar-refractivity contribution in [3.63, 3.8) is 0 Å². The van der Waals surface area contributed by atoms with Crippen molar-refractivity contribution in [2.24, 2.45) is 5.84 Å². The van der Waals surface area contributed by atoms with Crippen molar-refractivity contribution in [2.45, 2.75) is 6.92 Å². The van der Waals surface area contributed by atoms with Crippen LogP contribution in [0.25, 0.3) is 11.4 Å². The number of rotatable bonds is 2. The molecule has 0 radical (unpaired) electrons. The van der Waals surface area contributed by atoms with Crippen LogP contribution in [0.4, 0.5) is 5.82 Å². The fourth-order valence-electron chi connectivity index (χ4n) is 1.45. The first kappa shape index (κ1) is 10.9. The first-order valence-electron chi connectivity index (χ1n) is 4.77. The number of hydrazine groups is 1. The van der Waals surface area contributed by atoms with Gasteiger partial charge in [-0.25, -0.2) is 15.8 Å². The van der Waals surface area contributed by atoms with Crippen LogP contribution in [0.2, 0.25) is 5.02 Å². The third-order valence-electron chi connectivity index (χ3n) is 2.23. The van der Waals surface area contributed by atoms with Gasteiger partial charge in [0, 0.05) is 22.8 Å². The lowest BCUT2D eigenvalue weighted by Gasteiger charge is -2.06. The van der Waals surface area contributed by atoms with E-state index in [-0.39, 0.29) is 0 Å². The molecule has 0 saturated carbocycles. The van der Waals surface area contributed by atoms with Gasteiger partial charge in [0.05, 0.1) is 0 Å². The third kappa shape index (κ3) is 2.13. The average Bonchev–Trinajstić information content (AvgIpc) is 2.29. The smallest absolute Gasteiger partial charge is 0.161 e. The Labute approximate surface area is 98.5 Å². The van der Waals surface area contributed by atoms with E-state index in [1.807, 2.05) is 25.1 Å². The number of benzene rings is 1. The lowest BCUT2D eigenvalue weighted by molar-refractivity contribution is 1.14. The van der Waals surface area contributed by atoms with Gasteiger partial charge in [-0.05, 0) is 30.7 Å². The average molecular weight is 235 g/mol. The fourth-order valence-corrected chi connectivity index (χ4v) is 1.67. The quantitative estimate of drug-likeness (QED) is 0.619. The number of halogens is 1. The number of aryl methyl sites for hydroxylation is 1. The van der Waals surface area contributed by atoms with E-state index >= 15 is 0 Å². The molecule has 0 aliphatic carbocycles. The van der Waals surface area contributed by atoms with Gasteiger partial charge in [0.25, 0.3) is 0 Å². The van der Waals surface area contributed by atoms with Gasteiger partial charge < -0.3 is 5.43 Å². The Balaban J connectivity index is 2.49. The highest BCUT2D eigenvalue weighted by Gasteiger charge is 2.05. The molecule has 2 aromatic rings. The highest BCUT2D eigenvalue weighted by atomic mass is 35.5. The molecule has 16 heavy (non-hydrogen) atoms. The van der Waals surface area contributed by atoms with Gasteiger partial charge in [0.15, 0.2) is 5.82 Å². The van der Waals surface area contributed by atoms with Crippen molar-refractivity contribution in [1.82, 2.24) is 9.97 Å². The minimum atomic E-state index is 0.583. The minimum absolute atomic E-state index is 0.583. The maximum Gasteiger partial charge on any atom is 0.161 e. The molecule has 3 N–H and O–H groups in total. The summed E-state index contributed by atoms with van der Waals surface area (Å²) in [7, 11) is 0. The lowest BCUT2D eigenvalue weighted by Crippen LogP contribution is -2.09. The van der Waals surface area contributed by atoms with Crippen molar-refractivity contribution in [3.05, 3.63) is 41.0 Å². The lowest BCUT2D eigenvalue weighted by atomic mass is 10.1. The predicted molar refractivity (Wildman–Crippen MR) is 65.0 cm³/mol. The number of aromatic nitrogens is 2. The number of nitrogens with two attached hydrogens (primary N) is 1. The molecular formula is C11H11ClN4. The van der Waals surface area contributed by atoms with E-state index in [1.165, 1.54) is 0 Å². The van der Waals surface area contributed by atoms with E-state index in [1.54, 1.807) is 12.3 Å². The summed E-state index contributed by atoms with van der Waals surface area (Å²) in [6.45, 7) is 1.97. The van der Waals surface area contributed by atoms with Crippen LogP contribution in [0.3, 0.4) is 0 Å². The van der Waals surface area contributed by atoms with Crippen LogP contribution in [-0.4, -0.2) is 9.97 Å². The van der Waals surface area contributed by atoms with Crippen molar-refractivity contribution < 1.29 is 0 Å². The van der Waals surface area contributed by atoms with Gasteiger partial charge in [-0.3, -0.25) is 0 Å². The fraction of sp³-hybridized carbons (Fsp3) is 0.0909. The maximum atomic E-state index is 5.89. The van der Waals surface area contributed by atoms with E-state index in [0.29, 0.717) is 16.7 Å². The molecule has 1 heterocycles. The molecule has 82 valence electrons. The number of hydrogen-bond acceptors (Lipinski definition) is 4. The second-order valence-corrected chi connectivity index (χ2v) is 3.81. The zero-order chi connectivity index (χ0) is 11.5. The molecule has 2 rings (SSSR count). The number of nitrogens with one attached hydrogen (secondary N) is 1. The summed E-state index contributed by atoms with van der Waals surface area (Å²) in [5.74, 6) is 6.51. The summed E-state index contributed by atoms with van der Waals surface area (Å²) in [6.07, 6.45) is 1.66. The first-order chi connectivity index (χ1) is 7.70. The van der Waals surface area contributed by atoms with Crippen LogP contribution in [-0.2, 0) is 0 Å². The molecule has 0 amide bonds. The van der Waals surface area contributed by atoms with Gasteiger partial charge in [0.1, 0.15) is 5.82 Å². The Kier molecular flexibility index (Phi) is 3.03. The summed E-state index contributed by atoms with van der Waals surface area (Å²) in [5.41, 5.74) is 4.47. The Morgan fingerprint density at radius 3 is 2.81 bits per heavy atom. The van der Waals surface area contributed by atoms with Crippen molar-refractivity contribution >= 4 is 17.4 Å². The monoisotopic (exact) mass is 234 g/mol. The Morgan fingerprint density at radius 2 is 2.12 bits per heavy atom. The summed E-state index contributed by atoms with van der Waals surface area (Å²) in [6, 6.07) is 7.29. The molecule has 0 saturated heterocycles. The molecular weight excluding hydrogens is 224 g/mol. The van der Waals surface area contributed by atoms with E-state index in [2.05, 4.69) is 15.4 Å². The second kappa shape index (κ2) is 4.47. The van der Waals surface area contributed by atoms with Crippen molar-refractivity contribution in [3.8, 4) is 11.4 Å². The topological polar surface area (TPSA) is 63.8 Å². The van der Waals surface area contributed by atoms with E-state index < -0.39 is 0 Å². The minimum Gasteiger partial charge on any atom is -0.308 e. The Hall–Kier alpha value is -1.65. The molecule has 4 nitrogen and oxygen atoms in total.